The van der Waals surface area contributed by atoms with E-state index in [1.165, 1.54) is 21.4 Å². The lowest BCUT2D eigenvalue weighted by Gasteiger charge is -2.30. The first-order valence-electron chi connectivity index (χ1n) is 11.0. The highest BCUT2D eigenvalue weighted by molar-refractivity contribution is 7.18. The van der Waals surface area contributed by atoms with Gasteiger partial charge in [0.2, 0.25) is 0 Å². The van der Waals surface area contributed by atoms with Gasteiger partial charge in [0.1, 0.15) is 0 Å². The van der Waals surface area contributed by atoms with E-state index in [-0.39, 0.29) is 6.10 Å². The molecular formula is C24H28F3N3O3S. The van der Waals surface area contributed by atoms with Gasteiger partial charge in [-0.05, 0) is 48.6 Å². The largest absolute Gasteiger partial charge is 0.490 e. The minimum Gasteiger partial charge on any atom is -0.475 e. The van der Waals surface area contributed by atoms with Crippen LogP contribution in [0.25, 0.3) is 10.2 Å². The number of aliphatic hydroxyl groups is 1. The highest BCUT2D eigenvalue weighted by Crippen LogP contribution is 2.23. The molecule has 4 rings (SSSR count). The molecule has 1 fully saturated rings. The summed E-state index contributed by atoms with van der Waals surface area (Å²) in [6.45, 7) is 6.72. The summed E-state index contributed by atoms with van der Waals surface area (Å²) in [5, 5.41) is 21.5. The Morgan fingerprint density at radius 1 is 1.15 bits per heavy atom. The molecule has 3 N–H and O–H groups in total. The number of nitrogens with one attached hydrogen (secondary N) is 1. The molecule has 0 unspecified atom stereocenters. The second-order valence-electron chi connectivity index (χ2n) is 8.22. The zero-order chi connectivity index (χ0) is 24.7. The van der Waals surface area contributed by atoms with Crippen molar-refractivity contribution in [1.82, 2.24) is 15.2 Å². The van der Waals surface area contributed by atoms with Gasteiger partial charge in [-0.25, -0.2) is 9.78 Å². The van der Waals surface area contributed by atoms with E-state index in [9.17, 15) is 18.3 Å². The van der Waals surface area contributed by atoms with Gasteiger partial charge in [-0.2, -0.15) is 13.2 Å². The first kappa shape index (κ1) is 26.1. The number of hydrogen-bond acceptors (Lipinski definition) is 6. The number of halogens is 3. The van der Waals surface area contributed by atoms with Crippen molar-refractivity contribution < 1.29 is 28.2 Å². The van der Waals surface area contributed by atoms with E-state index in [4.69, 9.17) is 9.90 Å². The third kappa shape index (κ3) is 7.76. The van der Waals surface area contributed by atoms with Crippen molar-refractivity contribution in [2.24, 2.45) is 0 Å². The van der Waals surface area contributed by atoms with Crippen LogP contribution in [0.1, 0.15) is 34.5 Å². The number of aliphatic hydroxyl groups excluding tert-OH is 1. The van der Waals surface area contributed by atoms with Crippen molar-refractivity contribution in [2.75, 3.05) is 13.1 Å². The molecule has 1 aliphatic rings. The van der Waals surface area contributed by atoms with Crippen molar-refractivity contribution in [3.63, 3.8) is 0 Å². The lowest BCUT2D eigenvalue weighted by molar-refractivity contribution is -0.192. The van der Waals surface area contributed by atoms with Crippen LogP contribution in [0.3, 0.4) is 0 Å². The molecule has 34 heavy (non-hydrogen) atoms. The normalized spacial score (nSPS) is 15.2. The summed E-state index contributed by atoms with van der Waals surface area (Å²) in [6.07, 6.45) is -3.42. The van der Waals surface area contributed by atoms with Gasteiger partial charge in [-0.15, -0.1) is 11.3 Å². The molecule has 1 saturated heterocycles. The van der Waals surface area contributed by atoms with Crippen LogP contribution in [0.4, 0.5) is 13.2 Å². The maximum absolute atomic E-state index is 10.6. The summed E-state index contributed by atoms with van der Waals surface area (Å²) < 4.78 is 33.0. The van der Waals surface area contributed by atoms with E-state index < -0.39 is 12.1 Å². The number of likely N-dealkylation sites (tertiary alicyclic amines) is 1. The molecule has 1 aromatic heterocycles. The van der Waals surface area contributed by atoms with Crippen LogP contribution in [0.15, 0.2) is 42.5 Å². The van der Waals surface area contributed by atoms with E-state index in [1.54, 1.807) is 11.3 Å². The standard InChI is InChI=1S/C22H27N3OS.C2HF3O2/c1-16-24-21-7-6-17(12-22(21)27-16)13-23-14-18-4-2-3-5-19(18)15-25-10-8-20(26)9-11-25;3-2(4,5)1(6)7/h2-7,12,20,23,26H,8-11,13-15H2,1H3;(H,6,7). The minimum absolute atomic E-state index is 0.113. The summed E-state index contributed by atoms with van der Waals surface area (Å²) in [6, 6.07) is 15.2. The maximum atomic E-state index is 10.6. The summed E-state index contributed by atoms with van der Waals surface area (Å²) in [5.74, 6) is -2.76. The zero-order valence-electron chi connectivity index (χ0n) is 18.8. The number of piperidine rings is 1. The van der Waals surface area contributed by atoms with Crippen molar-refractivity contribution >= 4 is 27.5 Å². The molecule has 0 amide bonds. The van der Waals surface area contributed by atoms with Gasteiger partial charge in [-0.3, -0.25) is 4.90 Å². The quantitative estimate of drug-likeness (QED) is 0.468. The van der Waals surface area contributed by atoms with E-state index in [0.29, 0.717) is 0 Å². The first-order chi connectivity index (χ1) is 16.1. The minimum atomic E-state index is -5.08. The SMILES string of the molecule is Cc1nc2ccc(CNCc3ccccc3CN3CCC(O)CC3)cc2s1.O=C(O)C(F)(F)F. The monoisotopic (exact) mass is 495 g/mol. The molecular weight excluding hydrogens is 467 g/mol. The highest BCUT2D eigenvalue weighted by atomic mass is 32.1. The number of alkyl halides is 3. The van der Waals surface area contributed by atoms with E-state index in [0.717, 1.165) is 56.1 Å². The van der Waals surface area contributed by atoms with Gasteiger partial charge in [0, 0.05) is 32.7 Å². The molecule has 0 aliphatic carbocycles. The number of aryl methyl sites for hydroxylation is 1. The predicted octanol–water partition coefficient (Wildman–Crippen LogP) is 4.48. The topological polar surface area (TPSA) is 85.7 Å². The van der Waals surface area contributed by atoms with Gasteiger partial charge >= 0.3 is 12.1 Å². The fourth-order valence-corrected chi connectivity index (χ4v) is 4.63. The Labute approximate surface area is 200 Å². The van der Waals surface area contributed by atoms with Gasteiger partial charge in [-0.1, -0.05) is 30.3 Å². The molecule has 1 aliphatic heterocycles. The number of aromatic nitrogens is 1. The number of carbonyl (C=O) groups is 1. The van der Waals surface area contributed by atoms with Crippen LogP contribution in [0.2, 0.25) is 0 Å². The number of benzene rings is 2. The summed E-state index contributed by atoms with van der Waals surface area (Å²) in [7, 11) is 0. The lowest BCUT2D eigenvalue weighted by Crippen LogP contribution is -2.35. The van der Waals surface area contributed by atoms with E-state index in [2.05, 4.69) is 64.6 Å². The number of thiazole rings is 1. The van der Waals surface area contributed by atoms with E-state index in [1.807, 2.05) is 0 Å². The number of aliphatic carboxylic acids is 1. The molecule has 0 bridgehead atoms. The second kappa shape index (κ2) is 11.7. The third-order valence-electron chi connectivity index (χ3n) is 5.52. The van der Waals surface area contributed by atoms with Crippen molar-refractivity contribution in [2.45, 2.75) is 51.7 Å². The van der Waals surface area contributed by atoms with E-state index >= 15 is 0 Å². The Morgan fingerprint density at radius 2 is 1.79 bits per heavy atom. The van der Waals surface area contributed by atoms with Crippen LogP contribution in [0.5, 0.6) is 0 Å². The van der Waals surface area contributed by atoms with Crippen molar-refractivity contribution in [3.8, 4) is 0 Å². The van der Waals surface area contributed by atoms with Crippen LogP contribution in [0, 0.1) is 6.92 Å². The number of fused-ring (bicyclic) bond motifs is 1. The van der Waals surface area contributed by atoms with Gasteiger partial charge in [0.25, 0.3) is 0 Å². The van der Waals surface area contributed by atoms with Crippen LogP contribution < -0.4 is 5.32 Å². The summed E-state index contributed by atoms with van der Waals surface area (Å²) in [5.41, 5.74) is 5.14. The molecule has 184 valence electrons. The second-order valence-corrected chi connectivity index (χ2v) is 9.45. The first-order valence-corrected chi connectivity index (χ1v) is 11.8. The van der Waals surface area contributed by atoms with Crippen molar-refractivity contribution in [3.05, 3.63) is 64.2 Å². The number of carboxylic acids is 1. The average molecular weight is 496 g/mol. The van der Waals surface area contributed by atoms with Crippen LogP contribution in [-0.4, -0.2) is 51.4 Å². The molecule has 2 aromatic carbocycles. The van der Waals surface area contributed by atoms with Gasteiger partial charge in [0.15, 0.2) is 0 Å². The number of nitrogens with zero attached hydrogens (tertiary/aromatic N) is 2. The molecule has 0 radical (unpaired) electrons. The number of hydrogen-bond donors (Lipinski definition) is 3. The summed E-state index contributed by atoms with van der Waals surface area (Å²) in [4.78, 5) is 15.9. The maximum Gasteiger partial charge on any atom is 0.490 e. The van der Waals surface area contributed by atoms with Gasteiger partial charge < -0.3 is 15.5 Å². The average Bonchev–Trinajstić information content (AvgIpc) is 3.15. The fourth-order valence-electron chi connectivity index (χ4n) is 3.74. The van der Waals surface area contributed by atoms with Gasteiger partial charge in [0.05, 0.1) is 21.3 Å². The highest BCUT2D eigenvalue weighted by Gasteiger charge is 2.38. The Morgan fingerprint density at radius 3 is 2.44 bits per heavy atom. The Hall–Kier alpha value is -2.53. The van der Waals surface area contributed by atoms with Crippen molar-refractivity contribution in [1.29, 1.82) is 0 Å². The fraction of sp³-hybridized carbons (Fsp3) is 0.417. The van der Waals surface area contributed by atoms with Crippen LogP contribution >= 0.6 is 11.3 Å². The molecule has 10 heteroatoms. The predicted molar refractivity (Wildman–Crippen MR) is 126 cm³/mol. The molecule has 0 atom stereocenters. The summed E-state index contributed by atoms with van der Waals surface area (Å²) >= 11 is 1.76. The molecule has 0 saturated carbocycles. The number of rotatable bonds is 6. The molecule has 2 heterocycles. The molecule has 6 nitrogen and oxygen atoms in total. The number of carboxylic acid groups (broad SMARTS) is 1. The Kier molecular flexibility index (Phi) is 9.01. The third-order valence-corrected chi connectivity index (χ3v) is 6.45. The smallest absolute Gasteiger partial charge is 0.475 e. The zero-order valence-corrected chi connectivity index (χ0v) is 19.6. The molecule has 3 aromatic rings. The Bertz CT molecular complexity index is 1100. The van der Waals surface area contributed by atoms with Crippen LogP contribution in [-0.2, 0) is 24.4 Å². The molecule has 0 spiro atoms. The lowest BCUT2D eigenvalue weighted by atomic mass is 10.0. The Balaban J connectivity index is 0.000000406.